The van der Waals surface area contributed by atoms with Gasteiger partial charge in [-0.1, -0.05) is 30.3 Å². The van der Waals surface area contributed by atoms with Crippen molar-refractivity contribution in [2.75, 3.05) is 20.7 Å². The van der Waals surface area contributed by atoms with Crippen LogP contribution in [0.5, 0.6) is 5.75 Å². The fourth-order valence-corrected chi connectivity index (χ4v) is 4.96. The number of ether oxygens (including phenoxy) is 1. The van der Waals surface area contributed by atoms with Gasteiger partial charge >= 0.3 is 0 Å². The zero-order valence-electron chi connectivity index (χ0n) is 19.8. The second-order valence-corrected chi connectivity index (χ2v) is 10.5. The van der Waals surface area contributed by atoms with E-state index in [0.717, 1.165) is 15.4 Å². The van der Waals surface area contributed by atoms with E-state index in [1.807, 2.05) is 19.1 Å². The first-order valence-electron chi connectivity index (χ1n) is 11.0. The minimum Gasteiger partial charge on any atom is -0.493 e. The molecule has 2 aromatic heterocycles. The summed E-state index contributed by atoms with van der Waals surface area (Å²) in [6.45, 7) is 2.21. The van der Waals surface area contributed by atoms with Gasteiger partial charge in [0.1, 0.15) is 11.6 Å². The van der Waals surface area contributed by atoms with Gasteiger partial charge in [-0.05, 0) is 42.2 Å². The molecule has 0 radical (unpaired) electrons. The summed E-state index contributed by atoms with van der Waals surface area (Å²) < 4.78 is 32.0. The number of aromatic nitrogens is 5. The number of benzene rings is 2. The molecule has 0 aliphatic rings. The molecule has 188 valence electrons. The van der Waals surface area contributed by atoms with Gasteiger partial charge in [0.05, 0.1) is 12.2 Å². The fourth-order valence-electron chi connectivity index (χ4n) is 3.76. The monoisotopic (exact) mass is 511 g/mol. The molecule has 0 bridgehead atoms. The van der Waals surface area contributed by atoms with E-state index in [4.69, 9.17) is 10.5 Å². The van der Waals surface area contributed by atoms with Crippen molar-refractivity contribution in [3.05, 3.63) is 58.4 Å². The van der Waals surface area contributed by atoms with Crippen LogP contribution < -0.4 is 16.0 Å². The number of sulfonamides is 1. The third kappa shape index (κ3) is 4.83. The smallest absolute Gasteiger partial charge is 0.281 e. The SMILES string of the molecule is CCOc1cc(-c2cccc(CC(C(N)=O)S(=O)(=O)N(C)C)c2)ccc1-c1nc2n[nH]nc2c(=O)[nH]1. The minimum atomic E-state index is -3.89. The Kier molecular flexibility index (Phi) is 6.86. The Labute approximate surface area is 206 Å². The molecule has 0 saturated carbocycles. The van der Waals surface area contributed by atoms with E-state index < -0.39 is 26.7 Å². The Bertz CT molecular complexity index is 1590. The Hall–Kier alpha value is -4.10. The maximum absolute atomic E-state index is 12.6. The summed E-state index contributed by atoms with van der Waals surface area (Å²) >= 11 is 0. The van der Waals surface area contributed by atoms with Crippen LogP contribution in [0.15, 0.2) is 47.3 Å². The fraction of sp³-hybridized carbons (Fsp3) is 0.261. The summed E-state index contributed by atoms with van der Waals surface area (Å²) in [6.07, 6.45) is -0.0665. The quantitative estimate of drug-likeness (QED) is 0.299. The van der Waals surface area contributed by atoms with Gasteiger partial charge in [-0.15, -0.1) is 10.2 Å². The highest BCUT2D eigenvalue weighted by Gasteiger charge is 2.33. The molecule has 4 rings (SSSR count). The molecule has 0 aliphatic heterocycles. The third-order valence-corrected chi connectivity index (χ3v) is 7.73. The van der Waals surface area contributed by atoms with Crippen molar-refractivity contribution >= 4 is 27.1 Å². The van der Waals surface area contributed by atoms with Gasteiger partial charge in [0.2, 0.25) is 21.6 Å². The van der Waals surface area contributed by atoms with Gasteiger partial charge < -0.3 is 15.5 Å². The number of nitrogens with two attached hydrogens (primary N) is 1. The predicted octanol–water partition coefficient (Wildman–Crippen LogP) is 1.06. The lowest BCUT2D eigenvalue weighted by atomic mass is 9.99. The van der Waals surface area contributed by atoms with Crippen molar-refractivity contribution in [1.82, 2.24) is 29.7 Å². The highest BCUT2D eigenvalue weighted by atomic mass is 32.2. The average molecular weight is 512 g/mol. The van der Waals surface area contributed by atoms with Gasteiger partial charge in [0.25, 0.3) is 5.56 Å². The number of nitrogens with one attached hydrogen (secondary N) is 2. The van der Waals surface area contributed by atoms with Crippen molar-refractivity contribution in [2.45, 2.75) is 18.6 Å². The molecule has 4 aromatic rings. The van der Waals surface area contributed by atoms with E-state index in [1.54, 1.807) is 30.3 Å². The molecule has 1 amide bonds. The Morgan fingerprint density at radius 3 is 2.58 bits per heavy atom. The van der Waals surface area contributed by atoms with Gasteiger partial charge in [0.15, 0.2) is 10.8 Å². The maximum atomic E-state index is 12.6. The highest BCUT2D eigenvalue weighted by molar-refractivity contribution is 7.90. The number of rotatable bonds is 9. The van der Waals surface area contributed by atoms with Crippen molar-refractivity contribution < 1.29 is 17.9 Å². The Morgan fingerprint density at radius 1 is 1.14 bits per heavy atom. The van der Waals surface area contributed by atoms with Crippen LogP contribution in [0.25, 0.3) is 33.7 Å². The molecular formula is C23H25N7O5S. The van der Waals surface area contributed by atoms with E-state index in [9.17, 15) is 18.0 Å². The number of hydrogen-bond acceptors (Lipinski definition) is 8. The van der Waals surface area contributed by atoms with Crippen LogP contribution in [0.3, 0.4) is 0 Å². The number of nitrogens with zero attached hydrogens (tertiary/aromatic N) is 4. The predicted molar refractivity (Wildman–Crippen MR) is 134 cm³/mol. The number of carbonyl (C=O) groups excluding carboxylic acids is 1. The van der Waals surface area contributed by atoms with Crippen molar-refractivity contribution in [2.24, 2.45) is 5.73 Å². The molecule has 0 saturated heterocycles. The molecule has 0 aliphatic carbocycles. The largest absolute Gasteiger partial charge is 0.493 e. The number of H-pyrrole nitrogens is 2. The lowest BCUT2D eigenvalue weighted by Gasteiger charge is -2.19. The molecule has 36 heavy (non-hydrogen) atoms. The Balaban J connectivity index is 1.72. The summed E-state index contributed by atoms with van der Waals surface area (Å²) in [4.78, 5) is 31.4. The van der Waals surface area contributed by atoms with Crippen LogP contribution in [0.1, 0.15) is 12.5 Å². The van der Waals surface area contributed by atoms with Crippen LogP contribution in [0, 0.1) is 0 Å². The van der Waals surface area contributed by atoms with Crippen LogP contribution in [-0.2, 0) is 21.2 Å². The average Bonchev–Trinajstić information content (AvgIpc) is 3.32. The number of primary amides is 1. The van der Waals surface area contributed by atoms with Crippen LogP contribution >= 0.6 is 0 Å². The molecule has 0 fully saturated rings. The van der Waals surface area contributed by atoms with Crippen LogP contribution in [0.2, 0.25) is 0 Å². The standard InChI is InChI=1S/C23H25N7O5S/c1-4-35-17-12-15(8-9-16(17)21-25-22-19(23(32)26-21)27-29-28-22)14-7-5-6-13(10-14)11-18(20(24)31)36(33,34)30(2)3/h5-10,12,18H,4,11H2,1-3H3,(H2,24,31)(H2,25,26,27,28,29,32). The third-order valence-electron chi connectivity index (χ3n) is 5.60. The highest BCUT2D eigenvalue weighted by Crippen LogP contribution is 2.33. The van der Waals surface area contributed by atoms with E-state index in [2.05, 4.69) is 25.4 Å². The summed E-state index contributed by atoms with van der Waals surface area (Å²) in [6, 6.07) is 12.6. The lowest BCUT2D eigenvalue weighted by molar-refractivity contribution is -0.117. The molecular weight excluding hydrogens is 486 g/mol. The minimum absolute atomic E-state index is 0.0665. The van der Waals surface area contributed by atoms with Crippen molar-refractivity contribution in [3.63, 3.8) is 0 Å². The molecule has 2 aromatic carbocycles. The Morgan fingerprint density at radius 2 is 1.89 bits per heavy atom. The topological polar surface area (TPSA) is 177 Å². The maximum Gasteiger partial charge on any atom is 0.281 e. The number of hydrogen-bond donors (Lipinski definition) is 3. The second-order valence-electron chi connectivity index (χ2n) is 8.18. The zero-order valence-corrected chi connectivity index (χ0v) is 20.7. The van der Waals surface area contributed by atoms with E-state index in [-0.39, 0.29) is 23.4 Å². The van der Waals surface area contributed by atoms with Crippen molar-refractivity contribution in [1.29, 1.82) is 0 Å². The van der Waals surface area contributed by atoms with E-state index in [1.165, 1.54) is 14.1 Å². The van der Waals surface area contributed by atoms with Gasteiger partial charge in [-0.2, -0.15) is 5.21 Å². The van der Waals surface area contributed by atoms with Crippen LogP contribution in [-0.4, -0.2) is 70.0 Å². The number of aromatic amines is 2. The molecule has 12 nitrogen and oxygen atoms in total. The molecule has 2 heterocycles. The van der Waals surface area contributed by atoms with E-state index in [0.29, 0.717) is 23.5 Å². The molecule has 0 spiro atoms. The van der Waals surface area contributed by atoms with Gasteiger partial charge in [0, 0.05) is 14.1 Å². The summed E-state index contributed by atoms with van der Waals surface area (Å²) in [5, 5.41) is 8.68. The van der Waals surface area contributed by atoms with Crippen LogP contribution in [0.4, 0.5) is 0 Å². The molecule has 4 N–H and O–H groups in total. The number of fused-ring (bicyclic) bond motifs is 1. The zero-order chi connectivity index (χ0) is 26.0. The molecule has 13 heteroatoms. The number of carbonyl (C=O) groups is 1. The van der Waals surface area contributed by atoms with Gasteiger partial charge in [-0.25, -0.2) is 17.7 Å². The normalized spacial score (nSPS) is 12.7. The van der Waals surface area contributed by atoms with Crippen molar-refractivity contribution in [3.8, 4) is 28.3 Å². The summed E-state index contributed by atoms with van der Waals surface area (Å²) in [5.41, 5.74) is 8.02. The first-order valence-corrected chi connectivity index (χ1v) is 12.5. The first kappa shape index (κ1) is 25.0. The molecule has 1 atom stereocenters. The summed E-state index contributed by atoms with van der Waals surface area (Å²) in [5.74, 6) is -0.150. The second kappa shape index (κ2) is 9.87. The summed E-state index contributed by atoms with van der Waals surface area (Å²) in [7, 11) is -1.16. The molecule has 1 unspecified atom stereocenters. The number of amides is 1. The lowest BCUT2D eigenvalue weighted by Crippen LogP contribution is -2.43. The first-order chi connectivity index (χ1) is 17.1. The van der Waals surface area contributed by atoms with E-state index >= 15 is 0 Å². The van der Waals surface area contributed by atoms with Gasteiger partial charge in [-0.3, -0.25) is 9.59 Å².